The van der Waals surface area contributed by atoms with Crippen molar-refractivity contribution >= 4 is 35.6 Å². The predicted molar refractivity (Wildman–Crippen MR) is 129 cm³/mol. The zero-order valence-electron chi connectivity index (χ0n) is 17.2. The summed E-state index contributed by atoms with van der Waals surface area (Å²) in [6.45, 7) is 7.96. The molecule has 0 aliphatic carbocycles. The molecule has 0 amide bonds. The maximum absolute atomic E-state index is 5.44. The van der Waals surface area contributed by atoms with Crippen molar-refractivity contribution in [3.63, 3.8) is 0 Å². The van der Waals surface area contributed by atoms with Crippen LogP contribution in [0.1, 0.15) is 18.1 Å². The molecular weight excluding hydrogens is 495 g/mol. The Morgan fingerprint density at radius 3 is 2.47 bits per heavy atom. The molecule has 1 fully saturated rings. The largest absolute Gasteiger partial charge is 0.454 e. The van der Waals surface area contributed by atoms with E-state index >= 15 is 0 Å². The molecule has 2 aliphatic heterocycles. The number of nitrogens with one attached hydrogen (secondary N) is 2. The summed E-state index contributed by atoms with van der Waals surface area (Å²) in [5.74, 6) is 2.38. The fourth-order valence-corrected chi connectivity index (χ4v) is 3.38. The minimum absolute atomic E-state index is 0. The molecule has 2 heterocycles. The molecule has 2 aromatic rings. The molecule has 0 bridgehead atoms. The van der Waals surface area contributed by atoms with Gasteiger partial charge in [0.25, 0.3) is 0 Å². The van der Waals surface area contributed by atoms with Crippen LogP contribution >= 0.6 is 24.0 Å². The molecule has 2 aromatic carbocycles. The molecule has 0 saturated carbocycles. The second-order valence-electron chi connectivity index (χ2n) is 7.00. The molecule has 30 heavy (non-hydrogen) atoms. The summed E-state index contributed by atoms with van der Waals surface area (Å²) < 4.78 is 16.2. The van der Waals surface area contributed by atoms with Crippen molar-refractivity contribution in [2.24, 2.45) is 4.99 Å². The van der Waals surface area contributed by atoms with E-state index in [1.54, 1.807) is 0 Å². The fraction of sp³-hybridized carbons (Fsp3) is 0.409. The van der Waals surface area contributed by atoms with Crippen LogP contribution in [0.5, 0.6) is 11.5 Å². The molecule has 7 nitrogen and oxygen atoms in total. The number of benzene rings is 2. The van der Waals surface area contributed by atoms with Crippen LogP contribution in [-0.2, 0) is 17.8 Å². The topological polar surface area (TPSA) is 67.4 Å². The predicted octanol–water partition coefficient (Wildman–Crippen LogP) is 3.13. The van der Waals surface area contributed by atoms with E-state index < -0.39 is 0 Å². The van der Waals surface area contributed by atoms with E-state index in [0.29, 0.717) is 6.54 Å². The summed E-state index contributed by atoms with van der Waals surface area (Å²) in [6.07, 6.45) is 0. The van der Waals surface area contributed by atoms with Crippen molar-refractivity contribution in [3.05, 3.63) is 53.6 Å². The van der Waals surface area contributed by atoms with Crippen molar-refractivity contribution in [1.29, 1.82) is 0 Å². The van der Waals surface area contributed by atoms with Gasteiger partial charge in [0.05, 0.1) is 19.8 Å². The number of nitrogens with zero attached hydrogens (tertiary/aromatic N) is 2. The number of guanidine groups is 1. The number of hydrogen-bond acceptors (Lipinski definition) is 5. The lowest BCUT2D eigenvalue weighted by Gasteiger charge is -2.28. The van der Waals surface area contributed by atoms with E-state index in [1.807, 2.05) is 18.2 Å². The van der Waals surface area contributed by atoms with Gasteiger partial charge in [-0.25, -0.2) is 4.99 Å². The quantitative estimate of drug-likeness (QED) is 0.344. The maximum Gasteiger partial charge on any atom is 0.231 e. The van der Waals surface area contributed by atoms with Crippen LogP contribution in [-0.4, -0.2) is 45.6 Å². The molecule has 0 radical (unpaired) electrons. The Hall–Kier alpha value is -2.20. The number of ether oxygens (including phenoxy) is 3. The van der Waals surface area contributed by atoms with Gasteiger partial charge in [-0.1, -0.05) is 18.2 Å². The highest BCUT2D eigenvalue weighted by Crippen LogP contribution is 2.32. The zero-order valence-corrected chi connectivity index (χ0v) is 19.6. The Bertz CT molecular complexity index is 839. The number of halogens is 1. The first-order chi connectivity index (χ1) is 14.3. The molecular formula is C22H29IN4O3. The van der Waals surface area contributed by atoms with Gasteiger partial charge in [0, 0.05) is 31.9 Å². The highest BCUT2D eigenvalue weighted by molar-refractivity contribution is 14.0. The van der Waals surface area contributed by atoms with Crippen LogP contribution < -0.4 is 25.0 Å². The van der Waals surface area contributed by atoms with Crippen molar-refractivity contribution < 1.29 is 14.2 Å². The minimum atomic E-state index is 0. The molecule has 0 atom stereocenters. The zero-order chi connectivity index (χ0) is 19.9. The highest BCUT2D eigenvalue weighted by atomic mass is 127. The standard InChI is InChI=1S/C22H28N4O3.HI/c1-2-23-22(25-15-18-5-8-20-21(13-18)29-16-28-20)24-14-17-3-6-19(7-4-17)26-9-11-27-12-10-26;/h3-8,13H,2,9-12,14-16H2,1H3,(H2,23,24,25);1H. The SMILES string of the molecule is CCNC(=NCc1ccc2c(c1)OCO2)NCc1ccc(N2CCOCC2)cc1.I. The molecule has 0 unspecified atom stereocenters. The van der Waals surface area contributed by atoms with E-state index in [4.69, 9.17) is 19.2 Å². The second kappa shape index (κ2) is 11.3. The Balaban J connectivity index is 0.00000256. The number of fused-ring (bicyclic) bond motifs is 1. The van der Waals surface area contributed by atoms with Gasteiger partial charge in [0.1, 0.15) is 0 Å². The van der Waals surface area contributed by atoms with Gasteiger partial charge in [-0.15, -0.1) is 24.0 Å². The Labute approximate surface area is 194 Å². The average molecular weight is 524 g/mol. The van der Waals surface area contributed by atoms with Crippen LogP contribution in [0.3, 0.4) is 0 Å². The summed E-state index contributed by atoms with van der Waals surface area (Å²) in [5.41, 5.74) is 3.55. The molecule has 8 heteroatoms. The van der Waals surface area contributed by atoms with Crippen molar-refractivity contribution in [1.82, 2.24) is 10.6 Å². The van der Waals surface area contributed by atoms with Gasteiger partial charge in [-0.3, -0.25) is 0 Å². The molecule has 2 N–H and O–H groups in total. The summed E-state index contributed by atoms with van der Waals surface area (Å²) >= 11 is 0. The van der Waals surface area contributed by atoms with Gasteiger partial charge in [0.2, 0.25) is 6.79 Å². The Kier molecular flexibility index (Phi) is 8.44. The minimum Gasteiger partial charge on any atom is -0.454 e. The lowest BCUT2D eigenvalue weighted by Crippen LogP contribution is -2.37. The van der Waals surface area contributed by atoms with E-state index in [-0.39, 0.29) is 30.8 Å². The average Bonchev–Trinajstić information content (AvgIpc) is 3.24. The molecule has 1 saturated heterocycles. The second-order valence-corrected chi connectivity index (χ2v) is 7.00. The number of rotatable bonds is 6. The van der Waals surface area contributed by atoms with Gasteiger partial charge in [-0.2, -0.15) is 0 Å². The van der Waals surface area contributed by atoms with E-state index in [0.717, 1.165) is 62.4 Å². The van der Waals surface area contributed by atoms with Crippen LogP contribution in [0.2, 0.25) is 0 Å². The lowest BCUT2D eigenvalue weighted by molar-refractivity contribution is 0.122. The monoisotopic (exact) mass is 524 g/mol. The summed E-state index contributed by atoms with van der Waals surface area (Å²) in [5, 5.41) is 6.71. The summed E-state index contributed by atoms with van der Waals surface area (Å²) in [6, 6.07) is 14.6. The third-order valence-corrected chi connectivity index (χ3v) is 4.97. The normalized spacial score (nSPS) is 15.5. The first-order valence-corrected chi connectivity index (χ1v) is 10.1. The van der Waals surface area contributed by atoms with E-state index in [9.17, 15) is 0 Å². The first kappa shape index (κ1) is 22.5. The third kappa shape index (κ3) is 5.91. The van der Waals surface area contributed by atoms with Crippen molar-refractivity contribution in [3.8, 4) is 11.5 Å². The van der Waals surface area contributed by atoms with Crippen LogP contribution in [0.4, 0.5) is 5.69 Å². The summed E-state index contributed by atoms with van der Waals surface area (Å²) in [7, 11) is 0. The van der Waals surface area contributed by atoms with Gasteiger partial charge in [0.15, 0.2) is 17.5 Å². The fourth-order valence-electron chi connectivity index (χ4n) is 3.38. The van der Waals surface area contributed by atoms with Crippen LogP contribution in [0.25, 0.3) is 0 Å². The third-order valence-electron chi connectivity index (χ3n) is 4.97. The number of hydrogen-bond donors (Lipinski definition) is 2. The van der Waals surface area contributed by atoms with Crippen LogP contribution in [0, 0.1) is 0 Å². The van der Waals surface area contributed by atoms with Crippen molar-refractivity contribution in [2.75, 3.05) is 44.5 Å². The smallest absolute Gasteiger partial charge is 0.231 e. The molecule has 162 valence electrons. The molecule has 4 rings (SSSR count). The summed E-state index contributed by atoms with van der Waals surface area (Å²) in [4.78, 5) is 7.05. The Morgan fingerprint density at radius 1 is 0.967 bits per heavy atom. The van der Waals surface area contributed by atoms with Gasteiger partial charge >= 0.3 is 0 Å². The Morgan fingerprint density at radius 2 is 1.70 bits per heavy atom. The molecule has 2 aliphatic rings. The maximum atomic E-state index is 5.44. The van der Waals surface area contributed by atoms with E-state index in [2.05, 4.69) is 46.7 Å². The number of anilines is 1. The first-order valence-electron chi connectivity index (χ1n) is 10.1. The number of aliphatic imine (C=N–C) groups is 1. The highest BCUT2D eigenvalue weighted by Gasteiger charge is 2.13. The number of morpholine rings is 1. The molecule has 0 aromatic heterocycles. The van der Waals surface area contributed by atoms with E-state index in [1.165, 1.54) is 11.3 Å². The lowest BCUT2D eigenvalue weighted by atomic mass is 10.2. The van der Waals surface area contributed by atoms with Crippen LogP contribution in [0.15, 0.2) is 47.5 Å². The van der Waals surface area contributed by atoms with Gasteiger partial charge in [-0.05, 0) is 42.3 Å². The van der Waals surface area contributed by atoms with Crippen molar-refractivity contribution in [2.45, 2.75) is 20.0 Å². The van der Waals surface area contributed by atoms with Gasteiger partial charge < -0.3 is 29.7 Å². The molecule has 0 spiro atoms.